The third-order valence-electron chi connectivity index (χ3n) is 1.85. The summed E-state index contributed by atoms with van der Waals surface area (Å²) in [5.74, 6) is 9.68. The molecule has 0 spiro atoms. The second-order valence-electron chi connectivity index (χ2n) is 4.78. The van der Waals surface area contributed by atoms with Crippen molar-refractivity contribution in [3.05, 3.63) is 42.5 Å². The summed E-state index contributed by atoms with van der Waals surface area (Å²) in [6.07, 6.45) is 3.56. The van der Waals surface area contributed by atoms with Crippen LogP contribution in [0.2, 0.25) is 19.6 Å². The maximum absolute atomic E-state index is 5.43. The monoisotopic (exact) mass is 254 g/mol. The zero-order chi connectivity index (χ0) is 13.3. The van der Waals surface area contributed by atoms with E-state index in [-0.39, 0.29) is 0 Å². The topological polar surface area (TPSA) is 9.23 Å². The Hall–Kier alpha value is -1.90. The molecule has 0 amide bonds. The summed E-state index contributed by atoms with van der Waals surface area (Å²) in [4.78, 5) is 0. The van der Waals surface area contributed by atoms with Gasteiger partial charge in [0.15, 0.2) is 0 Å². The molecule has 0 atom stereocenters. The lowest BCUT2D eigenvalue weighted by Gasteiger charge is -2.01. The van der Waals surface area contributed by atoms with Crippen molar-refractivity contribution >= 4 is 8.07 Å². The van der Waals surface area contributed by atoms with Gasteiger partial charge in [0.2, 0.25) is 0 Å². The molecule has 0 fully saturated rings. The molecule has 0 radical (unpaired) electrons. The summed E-state index contributed by atoms with van der Waals surface area (Å²) in [6.45, 7) is 7.05. The molecule has 0 aliphatic carbocycles. The molecule has 0 aromatic heterocycles. The molecule has 0 aliphatic rings. The predicted molar refractivity (Wildman–Crippen MR) is 80.0 cm³/mol. The summed E-state index contributed by atoms with van der Waals surface area (Å²) in [7, 11) is -1.26. The number of benzene rings is 1. The van der Waals surface area contributed by atoms with Gasteiger partial charge in [-0.05, 0) is 24.3 Å². The first-order valence-electron chi connectivity index (χ1n) is 5.92. The largest absolute Gasteiger partial charge is 0.481 e. The Balaban J connectivity index is 2.30. The van der Waals surface area contributed by atoms with Gasteiger partial charge in [-0.15, -0.1) is 5.54 Å². The summed E-state index contributed by atoms with van der Waals surface area (Å²) in [6, 6.07) is 9.66. The Kier molecular flexibility index (Phi) is 5.84. The molecule has 0 bridgehead atoms. The summed E-state index contributed by atoms with van der Waals surface area (Å²) >= 11 is 0. The van der Waals surface area contributed by atoms with Crippen LogP contribution in [0.5, 0.6) is 5.75 Å². The quantitative estimate of drug-likeness (QED) is 0.580. The molecule has 1 aromatic rings. The maximum Gasteiger partial charge on any atom is 0.149 e. The molecule has 0 N–H and O–H groups in total. The van der Waals surface area contributed by atoms with E-state index in [4.69, 9.17) is 4.74 Å². The highest BCUT2D eigenvalue weighted by Gasteiger charge is 2.06. The van der Waals surface area contributed by atoms with Gasteiger partial charge in [-0.3, -0.25) is 0 Å². The minimum atomic E-state index is -1.26. The first-order valence-corrected chi connectivity index (χ1v) is 9.42. The lowest BCUT2D eigenvalue weighted by atomic mass is 10.3. The van der Waals surface area contributed by atoms with Gasteiger partial charge < -0.3 is 4.74 Å². The van der Waals surface area contributed by atoms with Crippen molar-refractivity contribution in [1.82, 2.24) is 0 Å². The van der Waals surface area contributed by atoms with E-state index in [1.807, 2.05) is 30.3 Å². The van der Waals surface area contributed by atoms with Crippen LogP contribution in [0.25, 0.3) is 0 Å². The van der Waals surface area contributed by atoms with Crippen molar-refractivity contribution in [2.75, 3.05) is 6.61 Å². The van der Waals surface area contributed by atoms with Crippen molar-refractivity contribution in [3.63, 3.8) is 0 Å². The van der Waals surface area contributed by atoms with E-state index in [9.17, 15) is 0 Å². The molecule has 1 aromatic carbocycles. The van der Waals surface area contributed by atoms with Gasteiger partial charge in [0.1, 0.15) is 20.4 Å². The number of para-hydroxylation sites is 1. The minimum absolute atomic E-state index is 0.399. The molecular weight excluding hydrogens is 236 g/mol. The van der Waals surface area contributed by atoms with E-state index in [0.29, 0.717) is 6.61 Å². The van der Waals surface area contributed by atoms with Crippen LogP contribution in [0.3, 0.4) is 0 Å². The third kappa shape index (κ3) is 7.38. The van der Waals surface area contributed by atoms with Crippen LogP contribution in [0.15, 0.2) is 42.5 Å². The van der Waals surface area contributed by atoms with E-state index in [0.717, 1.165) is 5.75 Å². The van der Waals surface area contributed by atoms with Gasteiger partial charge >= 0.3 is 0 Å². The molecule has 0 unspecified atom stereocenters. The van der Waals surface area contributed by atoms with Crippen LogP contribution in [-0.4, -0.2) is 14.7 Å². The fourth-order valence-corrected chi connectivity index (χ4v) is 1.59. The average Bonchev–Trinajstić information content (AvgIpc) is 2.32. The van der Waals surface area contributed by atoms with Crippen LogP contribution >= 0.6 is 0 Å². The molecule has 2 heteroatoms. The van der Waals surface area contributed by atoms with Crippen molar-refractivity contribution < 1.29 is 4.74 Å². The first-order chi connectivity index (χ1) is 8.58. The second-order valence-corrected chi connectivity index (χ2v) is 9.53. The Morgan fingerprint density at radius 3 is 2.39 bits per heavy atom. The van der Waals surface area contributed by atoms with Crippen molar-refractivity contribution in [2.45, 2.75) is 19.6 Å². The van der Waals surface area contributed by atoms with E-state index >= 15 is 0 Å². The highest BCUT2D eigenvalue weighted by Crippen LogP contribution is 2.07. The van der Waals surface area contributed by atoms with Crippen LogP contribution in [0.4, 0.5) is 0 Å². The Morgan fingerprint density at radius 2 is 1.72 bits per heavy atom. The molecule has 1 rings (SSSR count). The number of ether oxygens (including phenoxy) is 1. The molecule has 92 valence electrons. The zero-order valence-electron chi connectivity index (χ0n) is 11.2. The van der Waals surface area contributed by atoms with E-state index in [1.165, 1.54) is 0 Å². The van der Waals surface area contributed by atoms with E-state index < -0.39 is 8.07 Å². The molecule has 0 aliphatic heterocycles. The molecule has 0 saturated carbocycles. The lowest BCUT2D eigenvalue weighted by Crippen LogP contribution is -2.16. The summed E-state index contributed by atoms with van der Waals surface area (Å²) < 4.78 is 5.43. The Morgan fingerprint density at radius 1 is 1.06 bits per heavy atom. The molecule has 0 saturated heterocycles. The van der Waals surface area contributed by atoms with Gasteiger partial charge in [0.25, 0.3) is 0 Å². The maximum atomic E-state index is 5.43. The van der Waals surface area contributed by atoms with E-state index in [2.05, 4.69) is 42.9 Å². The molecule has 0 heterocycles. The highest BCUT2D eigenvalue weighted by atomic mass is 28.3. The number of hydrogen-bond donors (Lipinski definition) is 0. The standard InChI is InChI=1S/C16H18OSi/c1-18(2,3)15-11-6-4-5-10-14-17-16-12-8-7-9-13-16/h4,6-9,12-13H,14H2,1-3H3/b6-4-. The zero-order valence-corrected chi connectivity index (χ0v) is 12.2. The van der Waals surface area contributed by atoms with Crippen LogP contribution < -0.4 is 4.74 Å². The minimum Gasteiger partial charge on any atom is -0.481 e. The summed E-state index contributed by atoms with van der Waals surface area (Å²) in [5.41, 5.74) is 3.24. The SMILES string of the molecule is C[Si](C)(C)C#C/C=C\C#CCOc1ccccc1. The number of hydrogen-bond acceptors (Lipinski definition) is 1. The highest BCUT2D eigenvalue weighted by molar-refractivity contribution is 6.83. The second kappa shape index (κ2) is 7.43. The van der Waals surface area contributed by atoms with Crippen LogP contribution in [-0.2, 0) is 0 Å². The van der Waals surface area contributed by atoms with Gasteiger partial charge in [-0.2, -0.15) is 0 Å². The fraction of sp³-hybridized carbons (Fsp3) is 0.250. The molecule has 1 nitrogen and oxygen atoms in total. The number of allylic oxidation sites excluding steroid dienone is 2. The first kappa shape index (κ1) is 14.2. The number of rotatable bonds is 2. The van der Waals surface area contributed by atoms with Crippen molar-refractivity contribution in [3.8, 4) is 29.1 Å². The third-order valence-corrected chi connectivity index (χ3v) is 2.75. The molecular formula is C16H18OSi. The van der Waals surface area contributed by atoms with Crippen molar-refractivity contribution in [2.24, 2.45) is 0 Å². The average molecular weight is 254 g/mol. The van der Waals surface area contributed by atoms with Gasteiger partial charge in [0, 0.05) is 0 Å². The Labute approximate surface area is 111 Å². The summed E-state index contributed by atoms with van der Waals surface area (Å²) in [5, 5.41) is 0. The van der Waals surface area contributed by atoms with Gasteiger partial charge in [-0.25, -0.2) is 0 Å². The normalized spacial score (nSPS) is 10.2. The van der Waals surface area contributed by atoms with Crippen LogP contribution in [0, 0.1) is 23.3 Å². The Bertz CT molecular complexity index is 501. The van der Waals surface area contributed by atoms with E-state index in [1.54, 1.807) is 12.2 Å². The van der Waals surface area contributed by atoms with Gasteiger partial charge in [0.05, 0.1) is 0 Å². The van der Waals surface area contributed by atoms with Crippen molar-refractivity contribution in [1.29, 1.82) is 0 Å². The lowest BCUT2D eigenvalue weighted by molar-refractivity contribution is 0.370. The smallest absolute Gasteiger partial charge is 0.149 e. The van der Waals surface area contributed by atoms with Crippen LogP contribution in [0.1, 0.15) is 0 Å². The van der Waals surface area contributed by atoms with Gasteiger partial charge in [-0.1, -0.05) is 55.6 Å². The fourth-order valence-electron chi connectivity index (χ4n) is 1.08. The molecule has 18 heavy (non-hydrogen) atoms. The predicted octanol–water partition coefficient (Wildman–Crippen LogP) is 3.51.